The number of benzene rings is 1. The Morgan fingerprint density at radius 2 is 1.53 bits per heavy atom. The van der Waals surface area contributed by atoms with Gasteiger partial charge in [0, 0.05) is 20.0 Å². The number of esters is 1. The molecule has 0 saturated heterocycles. The molecule has 0 aliphatic rings. The molecule has 1 N–H and O–H groups in total. The second kappa shape index (κ2) is 9.87. The SMILES string of the molecule is COC(=O)c1cc(CN(C)C(=O)CCNS(=O)(=O)c2c(C)c(C)c(C)c(C)c2C)oc1C. The molecule has 0 bridgehead atoms. The number of sulfonamides is 1. The summed E-state index contributed by atoms with van der Waals surface area (Å²) in [6.45, 7) is 11.2. The molecular weight excluding hydrogens is 432 g/mol. The van der Waals surface area contributed by atoms with Gasteiger partial charge in [0.15, 0.2) is 0 Å². The number of amides is 1. The minimum atomic E-state index is -3.77. The Bertz CT molecular complexity index is 1120. The normalized spacial score (nSPS) is 11.5. The van der Waals surface area contributed by atoms with E-state index in [0.29, 0.717) is 17.1 Å². The van der Waals surface area contributed by atoms with Crippen molar-refractivity contribution in [2.75, 3.05) is 20.7 Å². The molecule has 176 valence electrons. The summed E-state index contributed by atoms with van der Waals surface area (Å²) in [7, 11) is -0.893. The monoisotopic (exact) mass is 464 g/mol. The van der Waals surface area contributed by atoms with Gasteiger partial charge in [0.05, 0.1) is 18.6 Å². The maximum Gasteiger partial charge on any atom is 0.341 e. The predicted molar refractivity (Wildman–Crippen MR) is 121 cm³/mol. The van der Waals surface area contributed by atoms with E-state index in [1.54, 1.807) is 33.9 Å². The van der Waals surface area contributed by atoms with Crippen LogP contribution < -0.4 is 4.72 Å². The molecule has 0 saturated carbocycles. The first-order valence-electron chi connectivity index (χ1n) is 10.3. The van der Waals surface area contributed by atoms with Crippen LogP contribution in [0.15, 0.2) is 15.4 Å². The fourth-order valence-electron chi connectivity index (χ4n) is 3.68. The molecule has 0 unspecified atom stereocenters. The average Bonchev–Trinajstić information content (AvgIpc) is 3.09. The molecule has 0 radical (unpaired) electrons. The van der Waals surface area contributed by atoms with Gasteiger partial charge in [0.1, 0.15) is 17.1 Å². The van der Waals surface area contributed by atoms with Gasteiger partial charge in [0.25, 0.3) is 0 Å². The quantitative estimate of drug-likeness (QED) is 0.601. The molecule has 1 heterocycles. The van der Waals surface area contributed by atoms with Crippen LogP contribution in [0.25, 0.3) is 0 Å². The van der Waals surface area contributed by atoms with Crippen molar-refractivity contribution in [1.82, 2.24) is 9.62 Å². The summed E-state index contributed by atoms with van der Waals surface area (Å²) in [5, 5.41) is 0. The molecule has 1 aromatic heterocycles. The number of carbonyl (C=O) groups excluding carboxylic acids is 2. The highest BCUT2D eigenvalue weighted by atomic mass is 32.2. The van der Waals surface area contributed by atoms with Gasteiger partial charge in [-0.25, -0.2) is 17.9 Å². The largest absolute Gasteiger partial charge is 0.465 e. The van der Waals surface area contributed by atoms with Crippen molar-refractivity contribution in [1.29, 1.82) is 0 Å². The molecule has 2 rings (SSSR count). The highest BCUT2D eigenvalue weighted by Crippen LogP contribution is 2.29. The van der Waals surface area contributed by atoms with Crippen LogP contribution in [-0.4, -0.2) is 45.9 Å². The maximum atomic E-state index is 13.0. The second-order valence-corrected chi connectivity index (χ2v) is 9.73. The van der Waals surface area contributed by atoms with Gasteiger partial charge in [-0.2, -0.15) is 0 Å². The fraction of sp³-hybridized carbons (Fsp3) is 0.478. The molecule has 8 nitrogen and oxygen atoms in total. The smallest absolute Gasteiger partial charge is 0.341 e. The molecular formula is C23H32N2O6S. The van der Waals surface area contributed by atoms with Crippen LogP contribution >= 0.6 is 0 Å². The number of nitrogens with zero attached hydrogens (tertiary/aromatic N) is 1. The van der Waals surface area contributed by atoms with Crippen LogP contribution in [0.3, 0.4) is 0 Å². The van der Waals surface area contributed by atoms with Crippen LogP contribution in [-0.2, 0) is 26.1 Å². The lowest BCUT2D eigenvalue weighted by molar-refractivity contribution is -0.130. The molecule has 0 aliphatic heterocycles. The number of nitrogens with one attached hydrogen (secondary N) is 1. The van der Waals surface area contributed by atoms with Crippen molar-refractivity contribution in [3.05, 3.63) is 51.0 Å². The van der Waals surface area contributed by atoms with Crippen LogP contribution in [0.2, 0.25) is 0 Å². The Balaban J connectivity index is 2.04. The van der Waals surface area contributed by atoms with E-state index in [1.807, 2.05) is 20.8 Å². The summed E-state index contributed by atoms with van der Waals surface area (Å²) in [5.74, 6) is 0.0882. The van der Waals surface area contributed by atoms with Gasteiger partial charge in [0.2, 0.25) is 15.9 Å². The second-order valence-electron chi connectivity index (χ2n) is 8.03. The molecule has 32 heavy (non-hydrogen) atoms. The third kappa shape index (κ3) is 5.21. The van der Waals surface area contributed by atoms with Crippen LogP contribution in [0.5, 0.6) is 0 Å². The molecule has 2 aromatic rings. The van der Waals surface area contributed by atoms with Crippen molar-refractivity contribution < 1.29 is 27.2 Å². The van der Waals surface area contributed by atoms with Crippen LogP contribution in [0, 0.1) is 41.5 Å². The molecule has 1 amide bonds. The van der Waals surface area contributed by atoms with Crippen molar-refractivity contribution in [2.45, 2.75) is 59.4 Å². The summed E-state index contributed by atoms with van der Waals surface area (Å²) >= 11 is 0. The van der Waals surface area contributed by atoms with Crippen LogP contribution in [0.4, 0.5) is 0 Å². The first-order chi connectivity index (χ1) is 14.8. The van der Waals surface area contributed by atoms with E-state index >= 15 is 0 Å². The Morgan fingerprint density at radius 1 is 1.00 bits per heavy atom. The van der Waals surface area contributed by atoms with Gasteiger partial charge < -0.3 is 14.1 Å². The standard InChI is InChI=1S/C23H32N2O6S/c1-13-14(2)16(4)22(17(5)15(13)3)32(28,29)24-10-9-21(26)25(7)12-19-11-20(18(6)31-19)23(27)30-8/h11,24H,9-10,12H2,1-8H3. The van der Waals surface area contributed by atoms with Gasteiger partial charge in [-0.3, -0.25) is 4.79 Å². The Labute approximate surface area is 190 Å². The van der Waals surface area contributed by atoms with Crippen LogP contribution in [0.1, 0.15) is 56.1 Å². The first-order valence-corrected chi connectivity index (χ1v) is 11.8. The summed E-state index contributed by atoms with van der Waals surface area (Å²) in [6, 6.07) is 1.54. The topological polar surface area (TPSA) is 106 Å². The zero-order valence-electron chi connectivity index (χ0n) is 20.0. The summed E-state index contributed by atoms with van der Waals surface area (Å²) in [6.07, 6.45) is -0.0127. The van der Waals surface area contributed by atoms with E-state index in [1.165, 1.54) is 12.0 Å². The average molecular weight is 465 g/mol. The Morgan fingerprint density at radius 3 is 2.06 bits per heavy atom. The third-order valence-electron chi connectivity index (χ3n) is 6.02. The number of rotatable bonds is 8. The van der Waals surface area contributed by atoms with E-state index in [0.717, 1.165) is 27.8 Å². The van der Waals surface area contributed by atoms with E-state index in [4.69, 9.17) is 9.15 Å². The molecule has 0 fully saturated rings. The Hall–Kier alpha value is -2.65. The summed E-state index contributed by atoms with van der Waals surface area (Å²) in [5.41, 5.74) is 4.73. The number of furan rings is 1. The minimum absolute atomic E-state index is 0.0127. The third-order valence-corrected chi connectivity index (χ3v) is 7.76. The number of aryl methyl sites for hydroxylation is 1. The minimum Gasteiger partial charge on any atom is -0.465 e. The number of hydrogen-bond acceptors (Lipinski definition) is 6. The van der Waals surface area contributed by atoms with Crippen molar-refractivity contribution in [3.63, 3.8) is 0 Å². The lowest BCUT2D eigenvalue weighted by atomic mass is 9.95. The molecule has 0 atom stereocenters. The summed E-state index contributed by atoms with van der Waals surface area (Å²) in [4.78, 5) is 25.9. The van der Waals surface area contributed by atoms with Crippen molar-refractivity contribution in [3.8, 4) is 0 Å². The van der Waals surface area contributed by atoms with Gasteiger partial charge in [-0.1, -0.05) is 0 Å². The maximum absolute atomic E-state index is 13.0. The Kier molecular flexibility index (Phi) is 7.90. The number of hydrogen-bond donors (Lipinski definition) is 1. The highest BCUT2D eigenvalue weighted by Gasteiger charge is 2.24. The van der Waals surface area contributed by atoms with Crippen molar-refractivity contribution in [2.24, 2.45) is 0 Å². The van der Waals surface area contributed by atoms with Gasteiger partial charge in [-0.15, -0.1) is 0 Å². The summed E-state index contributed by atoms with van der Waals surface area (Å²) < 4.78 is 38.7. The highest BCUT2D eigenvalue weighted by molar-refractivity contribution is 7.89. The lowest BCUT2D eigenvalue weighted by Gasteiger charge is -2.19. The van der Waals surface area contributed by atoms with Gasteiger partial charge in [-0.05, 0) is 75.4 Å². The van der Waals surface area contributed by atoms with E-state index in [-0.39, 0.29) is 30.3 Å². The van der Waals surface area contributed by atoms with E-state index < -0.39 is 16.0 Å². The molecule has 0 aliphatic carbocycles. The van der Waals surface area contributed by atoms with Gasteiger partial charge >= 0.3 is 5.97 Å². The number of methoxy groups -OCH3 is 1. The van der Waals surface area contributed by atoms with E-state index in [9.17, 15) is 18.0 Å². The zero-order chi connectivity index (χ0) is 24.4. The predicted octanol–water partition coefficient (Wildman–Crippen LogP) is 3.24. The number of ether oxygens (including phenoxy) is 1. The van der Waals surface area contributed by atoms with Crippen molar-refractivity contribution >= 4 is 21.9 Å². The molecule has 1 aromatic carbocycles. The molecule has 0 spiro atoms. The zero-order valence-corrected chi connectivity index (χ0v) is 20.8. The molecule has 9 heteroatoms. The lowest BCUT2D eigenvalue weighted by Crippen LogP contribution is -2.32. The fourth-order valence-corrected chi connectivity index (χ4v) is 5.31. The first kappa shape index (κ1) is 25.6. The van der Waals surface area contributed by atoms with E-state index in [2.05, 4.69) is 4.72 Å². The number of carbonyl (C=O) groups is 2.